The second-order valence-electron chi connectivity index (χ2n) is 8.24. The number of aryl methyl sites for hydroxylation is 1. The van der Waals surface area contributed by atoms with Crippen molar-refractivity contribution in [2.24, 2.45) is 10.9 Å². The van der Waals surface area contributed by atoms with Crippen molar-refractivity contribution in [3.63, 3.8) is 0 Å². The van der Waals surface area contributed by atoms with Crippen LogP contribution in [-0.4, -0.2) is 63.6 Å². The number of nitro benzene ring substituents is 1. The topological polar surface area (TPSA) is 133 Å². The molecule has 0 saturated heterocycles. The van der Waals surface area contributed by atoms with Crippen molar-refractivity contribution in [3.8, 4) is 0 Å². The van der Waals surface area contributed by atoms with Crippen molar-refractivity contribution in [1.82, 2.24) is 9.80 Å². The maximum atomic E-state index is 12.8. The van der Waals surface area contributed by atoms with E-state index in [2.05, 4.69) is 4.99 Å². The zero-order valence-electron chi connectivity index (χ0n) is 19.2. The second-order valence-corrected chi connectivity index (χ2v) is 8.24. The lowest BCUT2D eigenvalue weighted by Crippen LogP contribution is -2.47. The summed E-state index contributed by atoms with van der Waals surface area (Å²) >= 11 is 0. The molecular weight excluding hydrogens is 440 g/mol. The van der Waals surface area contributed by atoms with E-state index in [1.807, 2.05) is 19.1 Å². The van der Waals surface area contributed by atoms with Gasteiger partial charge < -0.3 is 14.9 Å². The molecule has 0 radical (unpaired) electrons. The minimum atomic E-state index is -1.18. The van der Waals surface area contributed by atoms with Gasteiger partial charge in [0, 0.05) is 43.5 Å². The number of amides is 3. The Hall–Kier alpha value is -4.08. The summed E-state index contributed by atoms with van der Waals surface area (Å²) in [5.41, 5.74) is 1.72. The summed E-state index contributed by atoms with van der Waals surface area (Å²) in [6.07, 6.45) is 0.367. The van der Waals surface area contributed by atoms with E-state index in [0.717, 1.165) is 5.56 Å². The van der Waals surface area contributed by atoms with Crippen molar-refractivity contribution in [3.05, 3.63) is 75.3 Å². The quantitative estimate of drug-likeness (QED) is 0.466. The maximum Gasteiger partial charge on any atom is 0.344 e. The molecule has 1 aliphatic heterocycles. The van der Waals surface area contributed by atoms with E-state index in [0.29, 0.717) is 24.1 Å². The minimum Gasteiger partial charge on any atom is -0.481 e. The standard InChI is InChI=1S/C24H26N4O6/c1-15-8-4-5-11-19(15)22(29)26(3)12-7-13-27-21(17-9-6-10-18(14-17)28(33)34)20(23(30)31)16(2)25-24(27)32/h4-6,8-11,14,20-21H,7,12-13H2,1-3H3,(H,30,31). The molecule has 3 rings (SSSR count). The molecule has 0 fully saturated rings. The number of carbonyl (C=O) groups excluding carboxylic acids is 2. The van der Waals surface area contributed by atoms with Gasteiger partial charge in [-0.3, -0.25) is 19.7 Å². The Morgan fingerprint density at radius 3 is 2.53 bits per heavy atom. The fourth-order valence-electron chi connectivity index (χ4n) is 4.15. The summed E-state index contributed by atoms with van der Waals surface area (Å²) in [4.78, 5) is 55.1. The lowest BCUT2D eigenvalue weighted by Gasteiger charge is -2.38. The molecule has 10 heteroatoms. The van der Waals surface area contributed by atoms with Crippen LogP contribution in [0.5, 0.6) is 0 Å². The summed E-state index contributed by atoms with van der Waals surface area (Å²) in [6.45, 7) is 3.76. The third kappa shape index (κ3) is 5.11. The number of urea groups is 1. The molecule has 0 aliphatic carbocycles. The van der Waals surface area contributed by atoms with Crippen LogP contribution in [0, 0.1) is 23.0 Å². The molecule has 3 amide bonds. The average molecular weight is 466 g/mol. The van der Waals surface area contributed by atoms with Crippen molar-refractivity contribution in [2.75, 3.05) is 20.1 Å². The first-order valence-electron chi connectivity index (χ1n) is 10.8. The third-order valence-electron chi connectivity index (χ3n) is 5.92. The number of carbonyl (C=O) groups is 3. The van der Waals surface area contributed by atoms with E-state index in [1.165, 1.54) is 30.0 Å². The number of carboxylic acid groups (broad SMARTS) is 1. The molecule has 1 aliphatic rings. The van der Waals surface area contributed by atoms with Gasteiger partial charge >= 0.3 is 12.0 Å². The van der Waals surface area contributed by atoms with Crippen molar-refractivity contribution in [1.29, 1.82) is 0 Å². The highest BCUT2D eigenvalue weighted by atomic mass is 16.6. The summed E-state index contributed by atoms with van der Waals surface area (Å²) in [5.74, 6) is -2.48. The highest BCUT2D eigenvalue weighted by Crippen LogP contribution is 2.35. The third-order valence-corrected chi connectivity index (χ3v) is 5.92. The van der Waals surface area contributed by atoms with Crippen LogP contribution >= 0.6 is 0 Å². The van der Waals surface area contributed by atoms with Crippen LogP contribution in [0.15, 0.2) is 53.5 Å². The number of hydrogen-bond acceptors (Lipinski definition) is 5. The first-order chi connectivity index (χ1) is 16.1. The lowest BCUT2D eigenvalue weighted by molar-refractivity contribution is -0.385. The van der Waals surface area contributed by atoms with Gasteiger partial charge in [0.25, 0.3) is 11.6 Å². The number of aliphatic imine (C=N–C) groups is 1. The molecule has 0 spiro atoms. The summed E-state index contributed by atoms with van der Waals surface area (Å²) in [7, 11) is 1.66. The van der Waals surface area contributed by atoms with E-state index >= 15 is 0 Å². The first-order valence-corrected chi connectivity index (χ1v) is 10.8. The van der Waals surface area contributed by atoms with E-state index < -0.39 is 28.9 Å². The molecule has 10 nitrogen and oxygen atoms in total. The predicted octanol–water partition coefficient (Wildman–Crippen LogP) is 3.70. The highest BCUT2D eigenvalue weighted by molar-refractivity contribution is 6.07. The largest absolute Gasteiger partial charge is 0.481 e. The number of nitro groups is 1. The fourth-order valence-corrected chi connectivity index (χ4v) is 4.15. The van der Waals surface area contributed by atoms with Crippen molar-refractivity contribution >= 4 is 29.3 Å². The van der Waals surface area contributed by atoms with Gasteiger partial charge in [-0.2, -0.15) is 0 Å². The Morgan fingerprint density at radius 1 is 1.18 bits per heavy atom. The van der Waals surface area contributed by atoms with E-state index in [-0.39, 0.29) is 23.9 Å². The van der Waals surface area contributed by atoms with Gasteiger partial charge in [0.1, 0.15) is 5.92 Å². The zero-order valence-corrected chi connectivity index (χ0v) is 19.2. The summed E-state index contributed by atoms with van der Waals surface area (Å²) < 4.78 is 0. The van der Waals surface area contributed by atoms with Gasteiger partial charge in [-0.05, 0) is 37.5 Å². The molecule has 2 aromatic carbocycles. The van der Waals surface area contributed by atoms with Crippen LogP contribution in [0.2, 0.25) is 0 Å². The SMILES string of the molecule is CC1=NC(=O)N(CCCN(C)C(=O)c2ccccc2C)C(c2cccc([N+](=O)[O-])c2)C1C(=O)O. The molecule has 2 atom stereocenters. The van der Waals surface area contributed by atoms with Crippen LogP contribution in [0.3, 0.4) is 0 Å². The van der Waals surface area contributed by atoms with Crippen LogP contribution < -0.4 is 0 Å². The molecule has 2 unspecified atom stereocenters. The fraction of sp³-hybridized carbons (Fsp3) is 0.333. The highest BCUT2D eigenvalue weighted by Gasteiger charge is 2.42. The Balaban J connectivity index is 1.83. The minimum absolute atomic E-state index is 0.123. The Bertz CT molecular complexity index is 1160. The Labute approximate surface area is 196 Å². The van der Waals surface area contributed by atoms with E-state index in [4.69, 9.17) is 0 Å². The normalized spacial score (nSPS) is 17.8. The molecule has 1 heterocycles. The average Bonchev–Trinajstić information content (AvgIpc) is 2.79. The van der Waals surface area contributed by atoms with Gasteiger partial charge in [-0.1, -0.05) is 30.3 Å². The second kappa shape index (κ2) is 10.2. The first kappa shape index (κ1) is 24.6. The number of rotatable bonds is 8. The molecule has 0 bridgehead atoms. The monoisotopic (exact) mass is 466 g/mol. The Kier molecular flexibility index (Phi) is 7.40. The molecule has 1 N–H and O–H groups in total. The van der Waals surface area contributed by atoms with Gasteiger partial charge in [0.15, 0.2) is 0 Å². The number of aliphatic carboxylic acids is 1. The van der Waals surface area contributed by atoms with Gasteiger partial charge in [0.2, 0.25) is 0 Å². The number of carboxylic acids is 1. The summed E-state index contributed by atoms with van der Waals surface area (Å²) in [6, 6.07) is 11.3. The number of non-ortho nitro benzene ring substituents is 1. The molecular formula is C24H26N4O6. The number of benzene rings is 2. The van der Waals surface area contributed by atoms with Crippen LogP contribution in [0.1, 0.15) is 40.9 Å². The molecule has 178 valence electrons. The Morgan fingerprint density at radius 2 is 1.88 bits per heavy atom. The lowest BCUT2D eigenvalue weighted by atomic mass is 9.86. The van der Waals surface area contributed by atoms with Gasteiger partial charge in [-0.15, -0.1) is 0 Å². The van der Waals surface area contributed by atoms with E-state index in [9.17, 15) is 29.6 Å². The molecule has 0 aromatic heterocycles. The molecule has 0 saturated carbocycles. The number of hydrogen-bond donors (Lipinski definition) is 1. The van der Waals surface area contributed by atoms with Crippen LogP contribution in [0.4, 0.5) is 10.5 Å². The summed E-state index contributed by atoms with van der Waals surface area (Å²) in [5, 5.41) is 21.1. The molecule has 34 heavy (non-hydrogen) atoms. The number of nitrogens with zero attached hydrogens (tertiary/aromatic N) is 4. The smallest absolute Gasteiger partial charge is 0.344 e. The van der Waals surface area contributed by atoms with E-state index in [1.54, 1.807) is 30.1 Å². The van der Waals surface area contributed by atoms with Gasteiger partial charge in [-0.25, -0.2) is 9.79 Å². The predicted molar refractivity (Wildman–Crippen MR) is 125 cm³/mol. The maximum absolute atomic E-state index is 12.8. The van der Waals surface area contributed by atoms with Crippen molar-refractivity contribution in [2.45, 2.75) is 26.3 Å². The van der Waals surface area contributed by atoms with Crippen LogP contribution in [-0.2, 0) is 4.79 Å². The zero-order chi connectivity index (χ0) is 25.0. The van der Waals surface area contributed by atoms with Crippen molar-refractivity contribution < 1.29 is 24.4 Å². The molecule has 2 aromatic rings. The van der Waals surface area contributed by atoms with Gasteiger partial charge in [0.05, 0.1) is 11.0 Å². The van der Waals surface area contributed by atoms with Crippen LogP contribution in [0.25, 0.3) is 0 Å².